The average Bonchev–Trinajstić information content (AvgIpc) is 2.46. The van der Waals surface area contributed by atoms with Gasteiger partial charge in [0, 0.05) is 0 Å². The third-order valence-electron chi connectivity index (χ3n) is 3.66. The summed E-state index contributed by atoms with van der Waals surface area (Å²) in [5, 5.41) is 0. The molecule has 108 valence electrons. The number of rotatable bonds is 11. The maximum Gasteiger partial charge on any atom is 0.119 e. The van der Waals surface area contributed by atoms with Crippen LogP contribution in [0.15, 0.2) is 30.3 Å². The molecule has 19 heavy (non-hydrogen) atoms. The van der Waals surface area contributed by atoms with Crippen molar-refractivity contribution in [1.29, 1.82) is 0 Å². The van der Waals surface area contributed by atoms with Crippen LogP contribution in [0.3, 0.4) is 0 Å². The lowest BCUT2D eigenvalue weighted by Gasteiger charge is -2.17. The van der Waals surface area contributed by atoms with Crippen LogP contribution in [0.5, 0.6) is 5.75 Å². The maximum absolute atomic E-state index is 5.92. The normalized spacial score (nSPS) is 12.3. The second-order valence-electron chi connectivity index (χ2n) is 5.48. The SMILES string of the molecule is CCCCCCC(CCCC)COc1ccccc1. The van der Waals surface area contributed by atoms with E-state index in [4.69, 9.17) is 4.74 Å². The van der Waals surface area contributed by atoms with Crippen LogP contribution in [0.1, 0.15) is 65.2 Å². The van der Waals surface area contributed by atoms with Gasteiger partial charge < -0.3 is 4.74 Å². The molecular formula is C18H30O. The van der Waals surface area contributed by atoms with E-state index in [2.05, 4.69) is 13.8 Å². The first kappa shape index (κ1) is 16.1. The molecule has 1 heteroatoms. The van der Waals surface area contributed by atoms with E-state index in [0.717, 1.165) is 18.3 Å². The molecule has 0 aliphatic rings. The van der Waals surface area contributed by atoms with Gasteiger partial charge in [-0.2, -0.15) is 0 Å². The highest BCUT2D eigenvalue weighted by Crippen LogP contribution is 2.19. The van der Waals surface area contributed by atoms with Crippen LogP contribution in [0.25, 0.3) is 0 Å². The van der Waals surface area contributed by atoms with Crippen LogP contribution < -0.4 is 4.74 Å². The molecule has 1 nitrogen and oxygen atoms in total. The molecule has 1 rings (SSSR count). The monoisotopic (exact) mass is 262 g/mol. The Morgan fingerprint density at radius 2 is 1.53 bits per heavy atom. The van der Waals surface area contributed by atoms with Crippen LogP contribution in [0, 0.1) is 5.92 Å². The molecule has 0 saturated heterocycles. The number of unbranched alkanes of at least 4 members (excludes halogenated alkanes) is 4. The molecule has 0 amide bonds. The van der Waals surface area contributed by atoms with Gasteiger partial charge in [0.25, 0.3) is 0 Å². The van der Waals surface area contributed by atoms with Crippen LogP contribution in [-0.4, -0.2) is 6.61 Å². The van der Waals surface area contributed by atoms with E-state index >= 15 is 0 Å². The van der Waals surface area contributed by atoms with Gasteiger partial charge in [-0.25, -0.2) is 0 Å². The lowest BCUT2D eigenvalue weighted by molar-refractivity contribution is 0.225. The molecule has 0 aliphatic carbocycles. The third kappa shape index (κ3) is 7.92. The predicted molar refractivity (Wildman–Crippen MR) is 83.7 cm³/mol. The van der Waals surface area contributed by atoms with Crippen LogP contribution in [0.2, 0.25) is 0 Å². The molecule has 0 bridgehead atoms. The molecule has 1 aromatic rings. The Bertz CT molecular complexity index is 294. The number of ether oxygens (including phenoxy) is 1. The van der Waals surface area contributed by atoms with Gasteiger partial charge >= 0.3 is 0 Å². The Morgan fingerprint density at radius 1 is 0.842 bits per heavy atom. The van der Waals surface area contributed by atoms with E-state index in [1.165, 1.54) is 51.4 Å². The Labute approximate surface area is 119 Å². The summed E-state index contributed by atoms with van der Waals surface area (Å²) in [6.07, 6.45) is 10.7. The molecular weight excluding hydrogens is 232 g/mol. The molecule has 0 fully saturated rings. The first-order valence-electron chi connectivity index (χ1n) is 8.04. The second-order valence-corrected chi connectivity index (χ2v) is 5.48. The Hall–Kier alpha value is -0.980. The minimum atomic E-state index is 0.733. The van der Waals surface area contributed by atoms with Crippen molar-refractivity contribution in [3.8, 4) is 5.75 Å². The van der Waals surface area contributed by atoms with Crippen molar-refractivity contribution in [2.45, 2.75) is 65.2 Å². The highest BCUT2D eigenvalue weighted by atomic mass is 16.5. The fourth-order valence-electron chi connectivity index (χ4n) is 2.39. The van der Waals surface area contributed by atoms with Crippen molar-refractivity contribution in [3.63, 3.8) is 0 Å². The fraction of sp³-hybridized carbons (Fsp3) is 0.667. The van der Waals surface area contributed by atoms with Gasteiger partial charge in [-0.3, -0.25) is 0 Å². The smallest absolute Gasteiger partial charge is 0.119 e. The largest absolute Gasteiger partial charge is 0.493 e. The van der Waals surface area contributed by atoms with Gasteiger partial charge in [0.2, 0.25) is 0 Å². The summed E-state index contributed by atoms with van der Waals surface area (Å²) < 4.78 is 5.92. The summed E-state index contributed by atoms with van der Waals surface area (Å²) in [5.74, 6) is 1.74. The molecule has 1 aromatic carbocycles. The highest BCUT2D eigenvalue weighted by molar-refractivity contribution is 5.20. The first-order chi connectivity index (χ1) is 9.36. The van der Waals surface area contributed by atoms with Crippen molar-refractivity contribution >= 4 is 0 Å². The van der Waals surface area contributed by atoms with E-state index < -0.39 is 0 Å². The number of para-hydroxylation sites is 1. The van der Waals surface area contributed by atoms with E-state index in [-0.39, 0.29) is 0 Å². The summed E-state index contributed by atoms with van der Waals surface area (Å²) >= 11 is 0. The van der Waals surface area contributed by atoms with Crippen molar-refractivity contribution < 1.29 is 4.74 Å². The Balaban J connectivity index is 2.27. The standard InChI is InChI=1S/C18H30O/c1-3-5-7-9-13-17(12-6-4-2)16-19-18-14-10-8-11-15-18/h8,10-11,14-15,17H,3-7,9,12-13,16H2,1-2H3. The zero-order chi connectivity index (χ0) is 13.8. The summed E-state index contributed by atoms with van der Waals surface area (Å²) in [5.41, 5.74) is 0. The molecule has 0 heterocycles. The molecule has 0 spiro atoms. The van der Waals surface area contributed by atoms with E-state index in [0.29, 0.717) is 0 Å². The lowest BCUT2D eigenvalue weighted by atomic mass is 9.96. The number of hydrogen-bond acceptors (Lipinski definition) is 1. The number of benzene rings is 1. The van der Waals surface area contributed by atoms with Gasteiger partial charge in [-0.1, -0.05) is 70.6 Å². The minimum absolute atomic E-state index is 0.733. The minimum Gasteiger partial charge on any atom is -0.493 e. The summed E-state index contributed by atoms with van der Waals surface area (Å²) in [4.78, 5) is 0. The molecule has 0 radical (unpaired) electrons. The quantitative estimate of drug-likeness (QED) is 0.455. The first-order valence-corrected chi connectivity index (χ1v) is 8.04. The fourth-order valence-corrected chi connectivity index (χ4v) is 2.39. The van der Waals surface area contributed by atoms with E-state index in [1.807, 2.05) is 30.3 Å². The van der Waals surface area contributed by atoms with Crippen LogP contribution >= 0.6 is 0 Å². The Kier molecular flexibility index (Phi) is 9.22. The zero-order valence-electron chi connectivity index (χ0n) is 12.7. The number of hydrogen-bond donors (Lipinski definition) is 0. The van der Waals surface area contributed by atoms with Gasteiger partial charge in [0.1, 0.15) is 5.75 Å². The van der Waals surface area contributed by atoms with Crippen molar-refractivity contribution in [2.75, 3.05) is 6.61 Å². The van der Waals surface area contributed by atoms with Gasteiger partial charge in [0.05, 0.1) is 6.61 Å². The summed E-state index contributed by atoms with van der Waals surface area (Å²) in [6, 6.07) is 10.2. The summed E-state index contributed by atoms with van der Waals surface area (Å²) in [7, 11) is 0. The van der Waals surface area contributed by atoms with Crippen molar-refractivity contribution in [2.24, 2.45) is 5.92 Å². The van der Waals surface area contributed by atoms with Crippen LogP contribution in [-0.2, 0) is 0 Å². The zero-order valence-corrected chi connectivity index (χ0v) is 12.7. The average molecular weight is 262 g/mol. The van der Waals surface area contributed by atoms with Crippen LogP contribution in [0.4, 0.5) is 0 Å². The van der Waals surface area contributed by atoms with Gasteiger partial charge in [-0.15, -0.1) is 0 Å². The molecule has 1 atom stereocenters. The molecule has 0 aromatic heterocycles. The highest BCUT2D eigenvalue weighted by Gasteiger charge is 2.09. The summed E-state index contributed by atoms with van der Waals surface area (Å²) in [6.45, 7) is 5.43. The van der Waals surface area contributed by atoms with Gasteiger partial charge in [-0.05, 0) is 30.9 Å². The van der Waals surface area contributed by atoms with E-state index in [1.54, 1.807) is 0 Å². The Morgan fingerprint density at radius 3 is 2.21 bits per heavy atom. The molecule has 0 saturated carbocycles. The second kappa shape index (κ2) is 10.9. The lowest BCUT2D eigenvalue weighted by Crippen LogP contribution is -2.12. The topological polar surface area (TPSA) is 9.23 Å². The van der Waals surface area contributed by atoms with Crippen molar-refractivity contribution in [1.82, 2.24) is 0 Å². The maximum atomic E-state index is 5.92. The molecule has 1 unspecified atom stereocenters. The van der Waals surface area contributed by atoms with Crippen molar-refractivity contribution in [3.05, 3.63) is 30.3 Å². The van der Waals surface area contributed by atoms with Gasteiger partial charge in [0.15, 0.2) is 0 Å². The third-order valence-corrected chi connectivity index (χ3v) is 3.66. The van der Waals surface area contributed by atoms with E-state index in [9.17, 15) is 0 Å². The molecule has 0 N–H and O–H groups in total. The predicted octanol–water partition coefficient (Wildman–Crippen LogP) is 5.84. The molecule has 0 aliphatic heterocycles.